The number of nitrogen functional groups attached to an aromatic ring is 1. The predicted octanol–water partition coefficient (Wildman–Crippen LogP) is 4.10. The van der Waals surface area contributed by atoms with Crippen molar-refractivity contribution in [3.05, 3.63) is 114 Å². The molecule has 0 bridgehead atoms. The zero-order chi connectivity index (χ0) is 26.5. The van der Waals surface area contributed by atoms with E-state index in [-0.39, 0.29) is 11.4 Å². The zero-order valence-electron chi connectivity index (χ0n) is 20.1. The van der Waals surface area contributed by atoms with Crippen LogP contribution in [-0.2, 0) is 9.59 Å². The van der Waals surface area contributed by atoms with Gasteiger partial charge >= 0.3 is 5.97 Å². The van der Waals surface area contributed by atoms with Gasteiger partial charge in [0.2, 0.25) is 0 Å². The van der Waals surface area contributed by atoms with Crippen LogP contribution in [0.3, 0.4) is 0 Å². The Kier molecular flexibility index (Phi) is 7.29. The molecule has 4 aromatic rings. The first-order valence-electron chi connectivity index (χ1n) is 11.6. The van der Waals surface area contributed by atoms with Crippen molar-refractivity contribution in [2.45, 2.75) is 19.0 Å². The van der Waals surface area contributed by atoms with Crippen molar-refractivity contribution < 1.29 is 19.5 Å². The van der Waals surface area contributed by atoms with Gasteiger partial charge < -0.3 is 16.2 Å². The number of hydrogen-bond acceptors (Lipinski definition) is 4. The summed E-state index contributed by atoms with van der Waals surface area (Å²) in [7, 11) is 0. The molecule has 0 radical (unpaired) electrons. The standard InChI is InChI=1S/C29H26N4O4/c1-18(29(36)37)33(24-15-14-19-8-5-6-11-21(19)17-24)28(35)25(20-9-3-2-4-10-20)32-27(34)23-13-7-12-22(16-23)26(30)31/h2-18,25H,1H3,(H3,30,31)(H,32,34)(H,36,37)/t18-,25-/m1/s1. The first kappa shape index (κ1) is 25.1. The Bertz CT molecular complexity index is 1490. The average Bonchev–Trinajstić information content (AvgIpc) is 2.92. The lowest BCUT2D eigenvalue weighted by Crippen LogP contribution is -2.49. The van der Waals surface area contributed by atoms with E-state index < -0.39 is 29.9 Å². The third-order valence-electron chi connectivity index (χ3n) is 6.08. The van der Waals surface area contributed by atoms with Crippen LogP contribution in [0.2, 0.25) is 0 Å². The van der Waals surface area contributed by atoms with Crippen molar-refractivity contribution >= 4 is 40.1 Å². The Balaban J connectivity index is 1.77. The smallest absolute Gasteiger partial charge is 0.326 e. The molecule has 2 atom stereocenters. The molecule has 0 aliphatic carbocycles. The summed E-state index contributed by atoms with van der Waals surface area (Å²) in [5.74, 6) is -2.55. The fourth-order valence-electron chi connectivity index (χ4n) is 4.09. The van der Waals surface area contributed by atoms with Gasteiger partial charge in [-0.25, -0.2) is 4.79 Å². The lowest BCUT2D eigenvalue weighted by Gasteiger charge is -2.31. The first-order valence-corrected chi connectivity index (χ1v) is 11.6. The SMILES string of the molecule is C[C@H](C(=O)O)N(C(=O)[C@H](NC(=O)c1cccc(C(=N)N)c1)c1ccccc1)c1ccc2ccccc2c1. The van der Waals surface area contributed by atoms with Crippen LogP contribution < -0.4 is 16.0 Å². The van der Waals surface area contributed by atoms with Crippen molar-refractivity contribution in [1.29, 1.82) is 5.41 Å². The molecular weight excluding hydrogens is 468 g/mol. The molecule has 186 valence electrons. The number of nitrogens with one attached hydrogen (secondary N) is 2. The average molecular weight is 495 g/mol. The maximum atomic E-state index is 14.1. The number of anilines is 1. The third kappa shape index (κ3) is 5.48. The highest BCUT2D eigenvalue weighted by atomic mass is 16.4. The molecule has 0 aliphatic rings. The molecule has 0 aliphatic heterocycles. The molecule has 8 nitrogen and oxygen atoms in total. The Morgan fingerprint density at radius 1 is 0.838 bits per heavy atom. The van der Waals surface area contributed by atoms with Crippen LogP contribution in [0.1, 0.15) is 34.5 Å². The van der Waals surface area contributed by atoms with Crippen LogP contribution in [-0.4, -0.2) is 34.8 Å². The normalized spacial score (nSPS) is 12.4. The molecule has 37 heavy (non-hydrogen) atoms. The van der Waals surface area contributed by atoms with Gasteiger partial charge in [0.1, 0.15) is 17.9 Å². The minimum atomic E-state index is -1.21. The number of carboxylic acids is 1. The van der Waals surface area contributed by atoms with Crippen molar-refractivity contribution in [3.8, 4) is 0 Å². The number of benzene rings is 4. The van der Waals surface area contributed by atoms with Crippen molar-refractivity contribution in [2.75, 3.05) is 4.90 Å². The lowest BCUT2D eigenvalue weighted by molar-refractivity contribution is -0.139. The lowest BCUT2D eigenvalue weighted by atomic mass is 10.0. The summed E-state index contributed by atoms with van der Waals surface area (Å²) < 4.78 is 0. The van der Waals surface area contributed by atoms with Crippen molar-refractivity contribution in [2.24, 2.45) is 5.73 Å². The topological polar surface area (TPSA) is 137 Å². The first-order chi connectivity index (χ1) is 17.8. The van der Waals surface area contributed by atoms with Gasteiger partial charge in [0.05, 0.1) is 0 Å². The molecule has 0 saturated carbocycles. The summed E-state index contributed by atoms with van der Waals surface area (Å²) in [5.41, 5.74) is 7.03. The number of nitrogens with two attached hydrogens (primary N) is 1. The highest BCUT2D eigenvalue weighted by Crippen LogP contribution is 2.28. The van der Waals surface area contributed by atoms with Crippen molar-refractivity contribution in [1.82, 2.24) is 5.32 Å². The Hall–Kier alpha value is -4.98. The van der Waals surface area contributed by atoms with E-state index in [0.717, 1.165) is 10.8 Å². The van der Waals surface area contributed by atoms with Gasteiger partial charge in [-0.1, -0.05) is 72.8 Å². The van der Waals surface area contributed by atoms with Crippen LogP contribution in [0.15, 0.2) is 97.1 Å². The number of hydrogen-bond donors (Lipinski definition) is 4. The summed E-state index contributed by atoms with van der Waals surface area (Å²) in [6.45, 7) is 1.43. The van der Waals surface area contributed by atoms with E-state index in [0.29, 0.717) is 16.8 Å². The number of carbonyl (C=O) groups is 3. The molecule has 0 aromatic heterocycles. The molecule has 0 spiro atoms. The number of rotatable bonds is 8. The molecule has 8 heteroatoms. The van der Waals surface area contributed by atoms with Crippen LogP contribution in [0.5, 0.6) is 0 Å². The molecule has 4 aromatic carbocycles. The predicted molar refractivity (Wildman–Crippen MR) is 143 cm³/mol. The molecule has 2 amide bonds. The quantitative estimate of drug-likeness (QED) is 0.216. The van der Waals surface area contributed by atoms with Gasteiger partial charge in [0.25, 0.3) is 11.8 Å². The highest BCUT2D eigenvalue weighted by Gasteiger charge is 2.34. The zero-order valence-corrected chi connectivity index (χ0v) is 20.1. The minimum Gasteiger partial charge on any atom is -0.480 e. The third-order valence-corrected chi connectivity index (χ3v) is 6.08. The van der Waals surface area contributed by atoms with Gasteiger partial charge in [-0.05, 0) is 47.5 Å². The number of amides is 2. The van der Waals surface area contributed by atoms with Gasteiger partial charge in [-0.3, -0.25) is 19.9 Å². The van der Waals surface area contributed by atoms with Crippen LogP contribution in [0.25, 0.3) is 10.8 Å². The van der Waals surface area contributed by atoms with E-state index in [1.165, 1.54) is 17.9 Å². The highest BCUT2D eigenvalue weighted by molar-refractivity contribution is 6.07. The molecule has 0 saturated heterocycles. The molecule has 4 rings (SSSR count). The van der Waals surface area contributed by atoms with E-state index in [1.54, 1.807) is 60.7 Å². The van der Waals surface area contributed by atoms with Gasteiger partial charge in [-0.15, -0.1) is 0 Å². The van der Waals surface area contributed by atoms with E-state index in [9.17, 15) is 19.5 Å². The van der Waals surface area contributed by atoms with E-state index in [4.69, 9.17) is 11.1 Å². The number of carboxylic acid groups (broad SMARTS) is 1. The Morgan fingerprint density at radius 3 is 2.16 bits per heavy atom. The molecule has 0 fully saturated rings. The fraction of sp³-hybridized carbons (Fsp3) is 0.103. The molecular formula is C29H26N4O4. The van der Waals surface area contributed by atoms with E-state index in [2.05, 4.69) is 5.32 Å². The Labute approximate surface area is 213 Å². The summed E-state index contributed by atoms with van der Waals surface area (Å²) in [5, 5.41) is 22.1. The minimum absolute atomic E-state index is 0.192. The van der Waals surface area contributed by atoms with E-state index in [1.807, 2.05) is 30.3 Å². The summed E-state index contributed by atoms with van der Waals surface area (Å²) >= 11 is 0. The maximum absolute atomic E-state index is 14.1. The largest absolute Gasteiger partial charge is 0.480 e. The fourth-order valence-corrected chi connectivity index (χ4v) is 4.09. The second-order valence-electron chi connectivity index (χ2n) is 8.57. The van der Waals surface area contributed by atoms with Gasteiger partial charge in [0, 0.05) is 16.8 Å². The number of aliphatic carboxylic acids is 1. The Morgan fingerprint density at radius 2 is 1.49 bits per heavy atom. The summed E-state index contributed by atoms with van der Waals surface area (Å²) in [4.78, 5) is 40.6. The molecule has 0 unspecified atom stereocenters. The van der Waals surface area contributed by atoms with E-state index >= 15 is 0 Å². The monoisotopic (exact) mass is 494 g/mol. The van der Waals surface area contributed by atoms with Gasteiger partial charge in [-0.2, -0.15) is 0 Å². The summed E-state index contributed by atoms with van der Waals surface area (Å²) in [6, 6.07) is 25.3. The summed E-state index contributed by atoms with van der Waals surface area (Å²) in [6.07, 6.45) is 0. The molecule has 5 N–H and O–H groups in total. The maximum Gasteiger partial charge on any atom is 0.326 e. The molecule has 0 heterocycles. The number of nitrogens with zero attached hydrogens (tertiary/aromatic N) is 1. The van der Waals surface area contributed by atoms with Gasteiger partial charge in [0.15, 0.2) is 0 Å². The van der Waals surface area contributed by atoms with Crippen LogP contribution >= 0.6 is 0 Å². The number of carbonyl (C=O) groups excluding carboxylic acids is 2. The number of amidine groups is 1. The second kappa shape index (κ2) is 10.7. The van der Waals surface area contributed by atoms with Crippen molar-refractivity contribution in [3.63, 3.8) is 0 Å². The van der Waals surface area contributed by atoms with Crippen LogP contribution in [0.4, 0.5) is 5.69 Å². The second-order valence-corrected chi connectivity index (χ2v) is 8.57. The van der Waals surface area contributed by atoms with Crippen LogP contribution in [0, 0.1) is 5.41 Å². The number of fused-ring (bicyclic) bond motifs is 1.